The van der Waals surface area contributed by atoms with Gasteiger partial charge in [0, 0.05) is 47.5 Å². The lowest BCUT2D eigenvalue weighted by atomic mass is 9.83. The zero-order valence-corrected chi connectivity index (χ0v) is 15.5. The van der Waals surface area contributed by atoms with E-state index in [0.717, 1.165) is 0 Å². The molecule has 0 aliphatic carbocycles. The minimum atomic E-state index is -0.728. The van der Waals surface area contributed by atoms with Gasteiger partial charge in [0.05, 0.1) is 6.20 Å². The minimum absolute atomic E-state index is 0.0287. The van der Waals surface area contributed by atoms with Gasteiger partial charge in [0.25, 0.3) is 5.91 Å². The molecule has 9 heteroatoms. The average molecular weight is 397 g/mol. The number of nitrogens with one attached hydrogen (secondary N) is 1. The largest absolute Gasteiger partial charge is 0.319 e. The monoisotopic (exact) mass is 396 g/mol. The van der Waals surface area contributed by atoms with Crippen LogP contribution < -0.4 is 5.32 Å². The highest BCUT2D eigenvalue weighted by molar-refractivity contribution is 6.30. The van der Waals surface area contributed by atoms with E-state index in [1.807, 2.05) is 0 Å². The summed E-state index contributed by atoms with van der Waals surface area (Å²) in [6.45, 7) is 1.65. The van der Waals surface area contributed by atoms with Crippen molar-refractivity contribution in [3.05, 3.63) is 58.4 Å². The van der Waals surface area contributed by atoms with Crippen LogP contribution in [0.4, 0.5) is 10.2 Å². The molecule has 136 valence electrons. The number of carbonyl (C=O) groups is 2. The van der Waals surface area contributed by atoms with Crippen LogP contribution >= 0.6 is 23.4 Å². The normalized spacial score (nSPS) is 17.7. The van der Waals surface area contributed by atoms with Crippen LogP contribution in [0.2, 0.25) is 5.02 Å². The molecule has 1 N–H and O–H groups in total. The van der Waals surface area contributed by atoms with Crippen LogP contribution in [-0.4, -0.2) is 32.8 Å². The molecule has 1 aliphatic heterocycles. The van der Waals surface area contributed by atoms with Gasteiger partial charge in [-0.3, -0.25) is 9.59 Å². The summed E-state index contributed by atoms with van der Waals surface area (Å²) in [7, 11) is 1.58. The molecule has 0 radical (unpaired) electrons. The lowest BCUT2D eigenvalue weighted by molar-refractivity contribution is -0.129. The molecule has 2 heterocycles. The quantitative estimate of drug-likeness (QED) is 0.862. The Kier molecular flexibility index (Phi) is 5.02. The van der Waals surface area contributed by atoms with Crippen LogP contribution in [0, 0.1) is 5.82 Å². The molecule has 0 fully saturated rings. The van der Waals surface area contributed by atoms with Gasteiger partial charge >= 0.3 is 0 Å². The number of benzene rings is 1. The third-order valence-electron chi connectivity index (χ3n) is 4.37. The molecule has 2 amide bonds. The molecule has 1 aromatic carbocycles. The van der Waals surface area contributed by atoms with E-state index in [2.05, 4.69) is 10.3 Å². The molecule has 1 aliphatic rings. The fraction of sp³-hybridized carbons (Fsp3) is 0.235. The van der Waals surface area contributed by atoms with Crippen molar-refractivity contribution in [3.8, 4) is 0 Å². The lowest BCUT2D eigenvalue weighted by Crippen LogP contribution is -2.37. The molecule has 0 saturated carbocycles. The van der Waals surface area contributed by atoms with Crippen molar-refractivity contribution in [1.82, 2.24) is 14.0 Å². The van der Waals surface area contributed by atoms with Gasteiger partial charge in [-0.25, -0.2) is 13.5 Å². The Balaban J connectivity index is 2.03. The predicted octanol–water partition coefficient (Wildman–Crippen LogP) is 3.54. The molecule has 0 spiro atoms. The minimum Gasteiger partial charge on any atom is -0.319 e. The van der Waals surface area contributed by atoms with Gasteiger partial charge in [-0.2, -0.15) is 0 Å². The number of nitrogens with zero attached hydrogens (tertiary/aromatic N) is 3. The second-order valence-corrected chi connectivity index (χ2v) is 6.76. The number of anilines is 1. The Labute approximate surface area is 159 Å². The first-order chi connectivity index (χ1) is 12.3. The number of rotatable bonds is 3. The molecule has 1 unspecified atom stereocenters. The maximum atomic E-state index is 14.5. The number of halogens is 3. The fourth-order valence-corrected chi connectivity index (χ4v) is 3.25. The van der Waals surface area contributed by atoms with E-state index in [1.54, 1.807) is 14.0 Å². The fourth-order valence-electron chi connectivity index (χ4n) is 2.95. The van der Waals surface area contributed by atoms with Crippen molar-refractivity contribution in [2.24, 2.45) is 0 Å². The van der Waals surface area contributed by atoms with Gasteiger partial charge in [-0.05, 0) is 24.6 Å². The standard InChI is InChI=1S/C17H15Cl2FN4O2/c1-9-16(17(26)22-14-7-24(19)8-21-14)12(6-15(25)23(9)2)11-4-3-10(18)5-13(11)20/h3-5,7-8,12H,6H2,1-2H3,(H,22,26). The maximum Gasteiger partial charge on any atom is 0.255 e. The van der Waals surface area contributed by atoms with Crippen molar-refractivity contribution < 1.29 is 14.0 Å². The number of carbonyl (C=O) groups excluding carboxylic acids is 2. The highest BCUT2D eigenvalue weighted by Gasteiger charge is 2.36. The second-order valence-electron chi connectivity index (χ2n) is 5.93. The molecular formula is C17H15Cl2FN4O2. The summed E-state index contributed by atoms with van der Waals surface area (Å²) in [5.41, 5.74) is 0.976. The van der Waals surface area contributed by atoms with Gasteiger partial charge in [0.1, 0.15) is 12.1 Å². The summed E-state index contributed by atoms with van der Waals surface area (Å²) >= 11 is 11.6. The van der Waals surface area contributed by atoms with Crippen molar-refractivity contribution in [2.75, 3.05) is 12.4 Å². The van der Waals surface area contributed by atoms with Crippen LogP contribution in [0.1, 0.15) is 24.8 Å². The molecular weight excluding hydrogens is 382 g/mol. The van der Waals surface area contributed by atoms with Gasteiger partial charge < -0.3 is 10.2 Å². The topological polar surface area (TPSA) is 67.2 Å². The van der Waals surface area contributed by atoms with E-state index in [0.29, 0.717) is 5.70 Å². The Morgan fingerprint density at radius 1 is 1.42 bits per heavy atom. The number of hydrogen-bond acceptors (Lipinski definition) is 3. The first-order valence-electron chi connectivity index (χ1n) is 7.71. The predicted molar refractivity (Wildman–Crippen MR) is 96.3 cm³/mol. The molecule has 3 rings (SSSR count). The number of allylic oxidation sites excluding steroid dienone is 1. The smallest absolute Gasteiger partial charge is 0.255 e. The Morgan fingerprint density at radius 2 is 2.15 bits per heavy atom. The zero-order chi connectivity index (χ0) is 19.0. The van der Waals surface area contributed by atoms with Crippen molar-refractivity contribution in [1.29, 1.82) is 0 Å². The maximum absolute atomic E-state index is 14.5. The molecule has 0 bridgehead atoms. The van der Waals surface area contributed by atoms with Gasteiger partial charge in [-0.15, -0.1) is 0 Å². The van der Waals surface area contributed by atoms with Crippen LogP contribution in [0.25, 0.3) is 0 Å². The van der Waals surface area contributed by atoms with Gasteiger partial charge in [0.15, 0.2) is 5.82 Å². The van der Waals surface area contributed by atoms with Gasteiger partial charge in [0.2, 0.25) is 5.91 Å². The summed E-state index contributed by atoms with van der Waals surface area (Å²) in [6.07, 6.45) is 2.72. The van der Waals surface area contributed by atoms with Gasteiger partial charge in [-0.1, -0.05) is 17.7 Å². The van der Waals surface area contributed by atoms with Crippen molar-refractivity contribution in [3.63, 3.8) is 0 Å². The summed E-state index contributed by atoms with van der Waals surface area (Å²) in [5.74, 6) is -1.72. The Bertz CT molecular complexity index is 925. The van der Waals surface area contributed by atoms with E-state index in [9.17, 15) is 14.0 Å². The van der Waals surface area contributed by atoms with Crippen LogP contribution in [0.3, 0.4) is 0 Å². The molecule has 6 nitrogen and oxygen atoms in total. The SMILES string of the molecule is CC1=C(C(=O)Nc2cn(Cl)cn2)C(c2ccc(Cl)cc2F)CC(=O)N1C. The first-order valence-corrected chi connectivity index (χ1v) is 8.43. The summed E-state index contributed by atoms with van der Waals surface area (Å²) in [6, 6.07) is 4.19. The number of imidazole rings is 1. The molecule has 2 aromatic rings. The van der Waals surface area contributed by atoms with E-state index >= 15 is 0 Å². The molecule has 1 aromatic heterocycles. The third-order valence-corrected chi connectivity index (χ3v) is 4.79. The number of aromatic nitrogens is 2. The zero-order valence-electron chi connectivity index (χ0n) is 14.0. The van der Waals surface area contributed by atoms with E-state index < -0.39 is 17.6 Å². The molecule has 26 heavy (non-hydrogen) atoms. The molecule has 0 saturated heterocycles. The number of hydrogen-bond donors (Lipinski definition) is 1. The highest BCUT2D eigenvalue weighted by Crippen LogP contribution is 2.38. The second kappa shape index (κ2) is 7.09. The highest BCUT2D eigenvalue weighted by atomic mass is 35.5. The molecule has 1 atom stereocenters. The van der Waals surface area contributed by atoms with Crippen LogP contribution in [-0.2, 0) is 9.59 Å². The average Bonchev–Trinajstić information content (AvgIpc) is 2.97. The first kappa shape index (κ1) is 18.4. The van der Waals surface area contributed by atoms with Crippen molar-refractivity contribution in [2.45, 2.75) is 19.3 Å². The van der Waals surface area contributed by atoms with E-state index in [-0.39, 0.29) is 34.3 Å². The van der Waals surface area contributed by atoms with E-state index in [1.165, 1.54) is 39.7 Å². The Hall–Kier alpha value is -2.38. The van der Waals surface area contributed by atoms with E-state index in [4.69, 9.17) is 23.4 Å². The van der Waals surface area contributed by atoms with Crippen LogP contribution in [0.5, 0.6) is 0 Å². The summed E-state index contributed by atoms with van der Waals surface area (Å²) in [5, 5.41) is 2.87. The summed E-state index contributed by atoms with van der Waals surface area (Å²) in [4.78, 5) is 30.5. The number of amides is 2. The van der Waals surface area contributed by atoms with Crippen molar-refractivity contribution >= 4 is 41.0 Å². The van der Waals surface area contributed by atoms with Crippen LogP contribution in [0.15, 0.2) is 42.0 Å². The lowest BCUT2D eigenvalue weighted by Gasteiger charge is -2.32. The third kappa shape index (κ3) is 3.45. The Morgan fingerprint density at radius 3 is 2.77 bits per heavy atom. The summed E-state index contributed by atoms with van der Waals surface area (Å²) < 4.78 is 15.6.